The molecule has 3 nitrogen and oxygen atoms in total. The van der Waals surface area contributed by atoms with Crippen molar-refractivity contribution in [3.05, 3.63) is 17.9 Å². The fourth-order valence-electron chi connectivity index (χ4n) is 2.00. The molecule has 0 aromatic heterocycles. The molecule has 1 aliphatic rings. The van der Waals surface area contributed by atoms with Crippen molar-refractivity contribution >= 4 is 24.3 Å². The van der Waals surface area contributed by atoms with E-state index >= 15 is 0 Å². The number of rotatable bonds is 3. The largest absolute Gasteiger partial charge is 0.498 e. The Labute approximate surface area is 124 Å². The molecule has 0 spiro atoms. The highest BCUT2D eigenvalue weighted by molar-refractivity contribution is 7.98. The average Bonchev–Trinajstić information content (AvgIpc) is 2.58. The summed E-state index contributed by atoms with van der Waals surface area (Å²) in [5.41, 5.74) is -0.605. The molecule has 1 saturated heterocycles. The van der Waals surface area contributed by atoms with Gasteiger partial charge in [0, 0.05) is 10.4 Å². The molecule has 0 unspecified atom stereocenters. The molecule has 0 amide bonds. The van der Waals surface area contributed by atoms with Gasteiger partial charge in [0.1, 0.15) is 11.6 Å². The first kappa shape index (κ1) is 15.7. The lowest BCUT2D eigenvalue weighted by Crippen LogP contribution is -2.41. The van der Waals surface area contributed by atoms with Crippen LogP contribution in [0.5, 0.6) is 5.75 Å². The van der Waals surface area contributed by atoms with Crippen molar-refractivity contribution in [1.82, 2.24) is 0 Å². The standard InChI is InChI=1S/C14H20BFO3S/c1-13(2)14(3,4)19-15(18-13)10-7-9(17-5)8-11(20-6)12(10)16/h7-8H,1-6H3. The molecule has 1 aromatic rings. The molecule has 0 aliphatic carbocycles. The number of benzene rings is 1. The Morgan fingerprint density at radius 1 is 1.15 bits per heavy atom. The highest BCUT2D eigenvalue weighted by Gasteiger charge is 2.52. The van der Waals surface area contributed by atoms with Gasteiger partial charge in [-0.2, -0.15) is 0 Å². The smallest absolute Gasteiger partial charge is 0.497 e. The monoisotopic (exact) mass is 298 g/mol. The maximum absolute atomic E-state index is 14.5. The van der Waals surface area contributed by atoms with Gasteiger partial charge in [-0.15, -0.1) is 11.8 Å². The second-order valence-electron chi connectivity index (χ2n) is 5.82. The first-order valence-corrected chi connectivity index (χ1v) is 7.71. The molecule has 0 saturated carbocycles. The molecule has 1 heterocycles. The minimum absolute atomic E-state index is 0.309. The molecule has 20 heavy (non-hydrogen) atoms. The number of thioether (sulfide) groups is 1. The molecule has 6 heteroatoms. The van der Waals surface area contributed by atoms with Crippen molar-refractivity contribution in [2.24, 2.45) is 0 Å². The van der Waals surface area contributed by atoms with Gasteiger partial charge in [-0.1, -0.05) is 0 Å². The molecule has 1 aromatic carbocycles. The maximum Gasteiger partial charge on any atom is 0.498 e. The van der Waals surface area contributed by atoms with Gasteiger partial charge < -0.3 is 14.0 Å². The molecule has 0 atom stereocenters. The zero-order valence-electron chi connectivity index (χ0n) is 12.7. The summed E-state index contributed by atoms with van der Waals surface area (Å²) in [5.74, 6) is 0.289. The van der Waals surface area contributed by atoms with Gasteiger partial charge in [-0.05, 0) is 46.1 Å². The van der Waals surface area contributed by atoms with Crippen molar-refractivity contribution in [2.45, 2.75) is 43.8 Å². The summed E-state index contributed by atoms with van der Waals surface area (Å²) in [7, 11) is 0.840. The summed E-state index contributed by atoms with van der Waals surface area (Å²) in [6, 6.07) is 3.31. The van der Waals surface area contributed by atoms with E-state index in [1.165, 1.54) is 11.8 Å². The van der Waals surface area contributed by atoms with E-state index in [1.54, 1.807) is 19.2 Å². The fraction of sp³-hybridized carbons (Fsp3) is 0.571. The van der Waals surface area contributed by atoms with Gasteiger partial charge in [-0.3, -0.25) is 0 Å². The van der Waals surface area contributed by atoms with Crippen LogP contribution in [0.15, 0.2) is 17.0 Å². The van der Waals surface area contributed by atoms with E-state index in [4.69, 9.17) is 14.0 Å². The van der Waals surface area contributed by atoms with E-state index in [2.05, 4.69) is 0 Å². The van der Waals surface area contributed by atoms with Crippen LogP contribution < -0.4 is 10.2 Å². The van der Waals surface area contributed by atoms with Gasteiger partial charge in [0.05, 0.1) is 18.3 Å². The van der Waals surface area contributed by atoms with Crippen molar-refractivity contribution in [1.29, 1.82) is 0 Å². The Hall–Kier alpha value is -0.715. The molecule has 1 fully saturated rings. The second kappa shape index (κ2) is 5.24. The quantitative estimate of drug-likeness (QED) is 0.633. The number of hydrogen-bond acceptors (Lipinski definition) is 4. The van der Waals surface area contributed by atoms with Crippen molar-refractivity contribution in [3.8, 4) is 5.75 Å². The second-order valence-corrected chi connectivity index (χ2v) is 6.67. The molecular formula is C14H20BFO3S. The minimum atomic E-state index is -0.721. The highest BCUT2D eigenvalue weighted by Crippen LogP contribution is 2.37. The number of ether oxygens (including phenoxy) is 1. The van der Waals surface area contributed by atoms with Gasteiger partial charge in [0.15, 0.2) is 0 Å². The summed E-state index contributed by atoms with van der Waals surface area (Å²) in [6.07, 6.45) is 1.83. The molecule has 110 valence electrons. The predicted molar refractivity (Wildman–Crippen MR) is 80.4 cm³/mol. The molecule has 0 N–H and O–H groups in total. The van der Waals surface area contributed by atoms with Crippen LogP contribution in [0.1, 0.15) is 27.7 Å². The van der Waals surface area contributed by atoms with Gasteiger partial charge in [0.2, 0.25) is 0 Å². The number of hydrogen-bond donors (Lipinski definition) is 0. The Balaban J connectivity index is 2.44. The molecule has 2 rings (SSSR count). The molecule has 1 aliphatic heterocycles. The van der Waals surface area contributed by atoms with E-state index in [9.17, 15) is 4.39 Å². The van der Waals surface area contributed by atoms with E-state index in [-0.39, 0.29) is 5.82 Å². The normalized spacial score (nSPS) is 20.2. The van der Waals surface area contributed by atoms with Crippen LogP contribution in [-0.2, 0) is 9.31 Å². The SMILES string of the molecule is COc1cc(SC)c(F)c(B2OC(C)(C)C(C)(C)O2)c1. The van der Waals surface area contributed by atoms with Crippen LogP contribution in [0.3, 0.4) is 0 Å². The first-order valence-electron chi connectivity index (χ1n) is 6.49. The van der Waals surface area contributed by atoms with Crippen LogP contribution in [0.25, 0.3) is 0 Å². The number of methoxy groups -OCH3 is 1. The molecular weight excluding hydrogens is 278 g/mol. The highest BCUT2D eigenvalue weighted by atomic mass is 32.2. The minimum Gasteiger partial charge on any atom is -0.497 e. The van der Waals surface area contributed by atoms with E-state index < -0.39 is 18.3 Å². The Morgan fingerprint density at radius 2 is 1.70 bits per heavy atom. The van der Waals surface area contributed by atoms with E-state index in [1.807, 2.05) is 34.0 Å². The van der Waals surface area contributed by atoms with Crippen LogP contribution in [-0.4, -0.2) is 31.7 Å². The Bertz CT molecular complexity index is 503. The fourth-order valence-corrected chi connectivity index (χ4v) is 2.53. The first-order chi connectivity index (χ1) is 9.21. The summed E-state index contributed by atoms with van der Waals surface area (Å²) < 4.78 is 31.5. The summed E-state index contributed by atoms with van der Waals surface area (Å²) in [5, 5.41) is 0. The van der Waals surface area contributed by atoms with E-state index in [0.29, 0.717) is 16.1 Å². The lowest BCUT2D eigenvalue weighted by atomic mass is 9.78. The average molecular weight is 298 g/mol. The zero-order chi connectivity index (χ0) is 15.1. The number of halogens is 1. The van der Waals surface area contributed by atoms with Crippen LogP contribution in [0.4, 0.5) is 4.39 Å². The van der Waals surface area contributed by atoms with Crippen molar-refractivity contribution < 1.29 is 18.4 Å². The van der Waals surface area contributed by atoms with Crippen LogP contribution in [0.2, 0.25) is 0 Å². The lowest BCUT2D eigenvalue weighted by molar-refractivity contribution is 0.00578. The summed E-state index contributed by atoms with van der Waals surface area (Å²) in [4.78, 5) is 0.522. The van der Waals surface area contributed by atoms with Crippen molar-refractivity contribution in [2.75, 3.05) is 13.4 Å². The topological polar surface area (TPSA) is 27.7 Å². The van der Waals surface area contributed by atoms with Gasteiger partial charge >= 0.3 is 7.12 Å². The summed E-state index contributed by atoms with van der Waals surface area (Å²) in [6.45, 7) is 7.78. The van der Waals surface area contributed by atoms with Crippen LogP contribution in [0, 0.1) is 5.82 Å². The predicted octanol–water partition coefficient (Wildman–Crippen LogP) is 2.86. The third-order valence-electron chi connectivity index (χ3n) is 4.00. The third kappa shape index (κ3) is 2.56. The lowest BCUT2D eigenvalue weighted by Gasteiger charge is -2.32. The van der Waals surface area contributed by atoms with Crippen molar-refractivity contribution in [3.63, 3.8) is 0 Å². The summed E-state index contributed by atoms with van der Waals surface area (Å²) >= 11 is 1.33. The Kier molecular flexibility index (Phi) is 4.11. The van der Waals surface area contributed by atoms with Gasteiger partial charge in [0.25, 0.3) is 0 Å². The van der Waals surface area contributed by atoms with Gasteiger partial charge in [-0.25, -0.2) is 4.39 Å². The zero-order valence-corrected chi connectivity index (χ0v) is 13.6. The molecule has 0 radical (unpaired) electrons. The molecule has 0 bridgehead atoms. The van der Waals surface area contributed by atoms with Crippen LogP contribution >= 0.6 is 11.8 Å². The van der Waals surface area contributed by atoms with E-state index in [0.717, 1.165) is 0 Å². The maximum atomic E-state index is 14.5. The Morgan fingerprint density at radius 3 is 2.15 bits per heavy atom. The third-order valence-corrected chi connectivity index (χ3v) is 4.74.